The molecule has 0 atom stereocenters. The molecule has 9 heteroatoms. The number of hydrogen-bond acceptors (Lipinski definition) is 7. The van der Waals surface area contributed by atoms with Crippen molar-refractivity contribution in [2.24, 2.45) is 0 Å². The van der Waals surface area contributed by atoms with Gasteiger partial charge in [0, 0.05) is 12.3 Å². The quantitative estimate of drug-likeness (QED) is 0.518. The molecule has 1 aromatic carbocycles. The first kappa shape index (κ1) is 19.3. The maximum Gasteiger partial charge on any atom is 0.222 e. The largest absolute Gasteiger partial charge is 0.368 e. The normalized spacial score (nSPS) is 10.0. The van der Waals surface area contributed by atoms with Gasteiger partial charge in [0.1, 0.15) is 34.9 Å². The number of aromatic nitrogens is 5. The van der Waals surface area contributed by atoms with E-state index in [1.807, 2.05) is 12.1 Å². The summed E-state index contributed by atoms with van der Waals surface area (Å²) in [6.45, 7) is 0.220. The fourth-order valence-electron chi connectivity index (χ4n) is 2.73. The van der Waals surface area contributed by atoms with Gasteiger partial charge >= 0.3 is 0 Å². The van der Waals surface area contributed by atoms with Crippen molar-refractivity contribution in [1.29, 1.82) is 5.26 Å². The van der Waals surface area contributed by atoms with Gasteiger partial charge in [0.15, 0.2) is 0 Å². The lowest BCUT2D eigenvalue weighted by Gasteiger charge is -2.10. The standard InChI is InChI=1S/C18H13FN8.C2H2/c19-12-4-5-13-14(7-12)27(15-3-1-2-6-22-15)16(25-13)10-23-17-11(8-20)9-24-18(21)26-17;1-2/h1-7,9H,10H2,(H3,21,23,24,26);1-2H. The number of nitrogens with zero attached hydrogens (tertiary/aromatic N) is 6. The molecule has 4 rings (SSSR count). The summed E-state index contributed by atoms with van der Waals surface area (Å²) in [6.07, 6.45) is 11.0. The van der Waals surface area contributed by atoms with E-state index in [0.29, 0.717) is 28.5 Å². The average molecular weight is 386 g/mol. The minimum atomic E-state index is -0.366. The number of nitrogens with one attached hydrogen (secondary N) is 1. The van der Waals surface area contributed by atoms with Gasteiger partial charge < -0.3 is 11.1 Å². The number of halogens is 1. The SMILES string of the molecule is C#C.N#Cc1cnc(N)nc1NCc1nc2ccc(F)cc2n1-c1ccccn1. The molecular formula is C20H15FN8. The molecule has 0 bridgehead atoms. The summed E-state index contributed by atoms with van der Waals surface area (Å²) < 4.78 is 15.5. The van der Waals surface area contributed by atoms with Crippen LogP contribution in [0.2, 0.25) is 0 Å². The second kappa shape index (κ2) is 8.46. The number of benzene rings is 1. The molecular weight excluding hydrogens is 371 g/mol. The molecule has 0 saturated heterocycles. The fourth-order valence-corrected chi connectivity index (χ4v) is 2.73. The minimum Gasteiger partial charge on any atom is -0.368 e. The number of rotatable bonds is 4. The lowest BCUT2D eigenvalue weighted by atomic mass is 10.3. The highest BCUT2D eigenvalue weighted by Gasteiger charge is 2.15. The zero-order valence-electron chi connectivity index (χ0n) is 15.1. The maximum atomic E-state index is 13.8. The van der Waals surface area contributed by atoms with Gasteiger partial charge in [-0.1, -0.05) is 6.07 Å². The van der Waals surface area contributed by atoms with Gasteiger partial charge in [0.05, 0.1) is 23.8 Å². The van der Waals surface area contributed by atoms with Crippen LogP contribution in [-0.2, 0) is 6.54 Å². The van der Waals surface area contributed by atoms with Crippen LogP contribution in [-0.4, -0.2) is 24.5 Å². The Balaban J connectivity index is 0.00000117. The summed E-state index contributed by atoms with van der Waals surface area (Å²) in [5, 5.41) is 12.2. The van der Waals surface area contributed by atoms with E-state index in [4.69, 9.17) is 5.73 Å². The van der Waals surface area contributed by atoms with Crippen molar-refractivity contribution >= 4 is 22.8 Å². The number of terminal acetylenes is 1. The van der Waals surface area contributed by atoms with Crippen molar-refractivity contribution in [1.82, 2.24) is 24.5 Å². The molecule has 3 heterocycles. The molecule has 29 heavy (non-hydrogen) atoms. The molecule has 3 N–H and O–H groups in total. The highest BCUT2D eigenvalue weighted by molar-refractivity contribution is 5.78. The Morgan fingerprint density at radius 1 is 1.17 bits per heavy atom. The Bertz CT molecular complexity index is 1210. The molecule has 3 aromatic heterocycles. The average Bonchev–Trinajstić information content (AvgIpc) is 3.12. The summed E-state index contributed by atoms with van der Waals surface area (Å²) in [5.74, 6) is 1.17. The minimum absolute atomic E-state index is 0.0526. The molecule has 0 fully saturated rings. The van der Waals surface area contributed by atoms with Crippen LogP contribution in [0.3, 0.4) is 0 Å². The zero-order chi connectivity index (χ0) is 20.8. The van der Waals surface area contributed by atoms with E-state index >= 15 is 0 Å². The van der Waals surface area contributed by atoms with E-state index in [2.05, 4.69) is 38.1 Å². The van der Waals surface area contributed by atoms with Crippen LogP contribution >= 0.6 is 0 Å². The van der Waals surface area contributed by atoms with Gasteiger partial charge in [-0.25, -0.2) is 19.3 Å². The third kappa shape index (κ3) is 3.94. The number of nitriles is 1. The molecule has 0 unspecified atom stereocenters. The van der Waals surface area contributed by atoms with Gasteiger partial charge in [0.25, 0.3) is 0 Å². The Hall–Kier alpha value is -4.50. The summed E-state index contributed by atoms with van der Waals surface area (Å²) in [4.78, 5) is 16.8. The van der Waals surface area contributed by atoms with Crippen molar-refractivity contribution < 1.29 is 4.39 Å². The fraction of sp³-hybridized carbons (Fsp3) is 0.0500. The monoisotopic (exact) mass is 386 g/mol. The second-order valence-electron chi connectivity index (χ2n) is 5.64. The van der Waals surface area contributed by atoms with Gasteiger partial charge in [0.2, 0.25) is 5.95 Å². The molecule has 0 radical (unpaired) electrons. The van der Waals surface area contributed by atoms with Crippen molar-refractivity contribution in [2.45, 2.75) is 6.54 Å². The molecule has 0 amide bonds. The van der Waals surface area contributed by atoms with Crippen molar-refractivity contribution in [3.05, 3.63) is 66.0 Å². The van der Waals surface area contributed by atoms with E-state index in [-0.39, 0.29) is 23.9 Å². The molecule has 4 aromatic rings. The van der Waals surface area contributed by atoms with Crippen molar-refractivity contribution in [3.63, 3.8) is 0 Å². The molecule has 142 valence electrons. The first-order valence-corrected chi connectivity index (χ1v) is 8.34. The number of pyridine rings is 1. The molecule has 0 spiro atoms. The highest BCUT2D eigenvalue weighted by atomic mass is 19.1. The van der Waals surface area contributed by atoms with Crippen LogP contribution in [0, 0.1) is 30.0 Å². The van der Waals surface area contributed by atoms with Gasteiger partial charge in [-0.2, -0.15) is 10.2 Å². The van der Waals surface area contributed by atoms with Gasteiger partial charge in [-0.3, -0.25) is 4.57 Å². The summed E-state index contributed by atoms with van der Waals surface area (Å²) in [6, 6.07) is 11.8. The van der Waals surface area contributed by atoms with Crippen molar-refractivity contribution in [2.75, 3.05) is 11.1 Å². The first-order chi connectivity index (χ1) is 14.2. The summed E-state index contributed by atoms with van der Waals surface area (Å²) >= 11 is 0. The molecule has 0 aliphatic heterocycles. The number of anilines is 2. The number of nitrogens with two attached hydrogens (primary N) is 1. The van der Waals surface area contributed by atoms with E-state index in [1.54, 1.807) is 29.0 Å². The molecule has 0 saturated carbocycles. The van der Waals surface area contributed by atoms with Crippen LogP contribution in [0.4, 0.5) is 16.2 Å². The Labute approximate surface area is 165 Å². The van der Waals surface area contributed by atoms with Crippen LogP contribution < -0.4 is 11.1 Å². The van der Waals surface area contributed by atoms with E-state index in [0.717, 1.165) is 0 Å². The second-order valence-corrected chi connectivity index (χ2v) is 5.64. The lowest BCUT2D eigenvalue weighted by molar-refractivity contribution is 0.629. The van der Waals surface area contributed by atoms with Crippen LogP contribution in [0.1, 0.15) is 11.4 Å². The predicted octanol–water partition coefficient (Wildman–Crippen LogP) is 2.66. The number of hydrogen-bond donors (Lipinski definition) is 2. The van der Waals surface area contributed by atoms with Crippen LogP contribution in [0.5, 0.6) is 0 Å². The third-order valence-corrected chi connectivity index (χ3v) is 3.91. The van der Waals surface area contributed by atoms with E-state index in [9.17, 15) is 9.65 Å². The number of fused-ring (bicyclic) bond motifs is 1. The Kier molecular flexibility index (Phi) is 5.62. The van der Waals surface area contributed by atoms with Gasteiger partial charge in [-0.15, -0.1) is 12.8 Å². The van der Waals surface area contributed by atoms with Crippen molar-refractivity contribution in [3.8, 4) is 24.7 Å². The van der Waals surface area contributed by atoms with Crippen LogP contribution in [0.25, 0.3) is 16.9 Å². The van der Waals surface area contributed by atoms with Gasteiger partial charge in [-0.05, 0) is 24.3 Å². The molecule has 0 aliphatic rings. The Morgan fingerprint density at radius 3 is 2.72 bits per heavy atom. The summed E-state index contributed by atoms with van der Waals surface area (Å²) in [7, 11) is 0. The maximum absolute atomic E-state index is 13.8. The molecule has 0 aliphatic carbocycles. The topological polar surface area (TPSA) is 118 Å². The smallest absolute Gasteiger partial charge is 0.222 e. The number of imidazole rings is 1. The lowest BCUT2D eigenvalue weighted by Crippen LogP contribution is -2.11. The predicted molar refractivity (Wildman–Crippen MR) is 107 cm³/mol. The number of nitrogen functional groups attached to an aromatic ring is 1. The Morgan fingerprint density at radius 2 is 2.00 bits per heavy atom. The van der Waals surface area contributed by atoms with Crippen LogP contribution in [0.15, 0.2) is 48.8 Å². The first-order valence-electron chi connectivity index (χ1n) is 8.34. The molecule has 8 nitrogen and oxygen atoms in total. The zero-order valence-corrected chi connectivity index (χ0v) is 15.1. The van der Waals surface area contributed by atoms with E-state index < -0.39 is 0 Å². The van der Waals surface area contributed by atoms with E-state index in [1.165, 1.54) is 18.3 Å². The highest BCUT2D eigenvalue weighted by Crippen LogP contribution is 2.22. The third-order valence-electron chi connectivity index (χ3n) is 3.91. The summed E-state index contributed by atoms with van der Waals surface area (Å²) in [5.41, 5.74) is 7.08.